The van der Waals surface area contributed by atoms with Gasteiger partial charge >= 0.3 is 0 Å². The number of fused-ring (bicyclic) bond motifs is 1. The van der Waals surface area contributed by atoms with E-state index in [2.05, 4.69) is 43.4 Å². The molecule has 2 aromatic carbocycles. The fourth-order valence-electron chi connectivity index (χ4n) is 3.30. The van der Waals surface area contributed by atoms with Crippen molar-refractivity contribution in [3.8, 4) is 5.75 Å². The van der Waals surface area contributed by atoms with Crippen LogP contribution in [-0.2, 0) is 26.2 Å². The van der Waals surface area contributed by atoms with Crippen molar-refractivity contribution in [3.05, 3.63) is 35.9 Å². The summed E-state index contributed by atoms with van der Waals surface area (Å²) in [6, 6.07) is 11.1. The van der Waals surface area contributed by atoms with Gasteiger partial charge in [0.25, 0.3) is 0 Å². The largest absolute Gasteiger partial charge is 0.596 e. The summed E-state index contributed by atoms with van der Waals surface area (Å²) in [6.07, 6.45) is 6.85. The standard InChI is InChI=1S/C17H23OSi.Zr/c1-19(2)18-17-15-11-7-6-10-14(15)12-16(17)13-8-4-3-5-9-13;/h6-7,10-13,19H,3-5,8-9H2,1-2H3;/q-1;. The van der Waals surface area contributed by atoms with Crippen LogP contribution in [0, 0.1) is 0 Å². The molecule has 0 saturated heterocycles. The number of hydrogen-bond donors (Lipinski definition) is 0. The monoisotopic (exact) mass is 361 g/mol. The van der Waals surface area contributed by atoms with Gasteiger partial charge in [-0.3, -0.25) is 0 Å². The van der Waals surface area contributed by atoms with Crippen LogP contribution in [0.3, 0.4) is 0 Å². The maximum atomic E-state index is 6.29. The molecule has 106 valence electrons. The minimum Gasteiger partial charge on any atom is -0.596 e. The summed E-state index contributed by atoms with van der Waals surface area (Å²) in [4.78, 5) is 0. The van der Waals surface area contributed by atoms with Crippen LogP contribution in [0.5, 0.6) is 5.75 Å². The van der Waals surface area contributed by atoms with E-state index in [1.807, 2.05) is 0 Å². The average Bonchev–Trinajstić information content (AvgIpc) is 2.78. The van der Waals surface area contributed by atoms with E-state index in [0.29, 0.717) is 0 Å². The molecule has 0 aromatic heterocycles. The van der Waals surface area contributed by atoms with Crippen LogP contribution in [0.1, 0.15) is 43.6 Å². The third-order valence-corrected chi connectivity index (χ3v) is 4.88. The molecule has 0 unspecified atom stereocenters. The summed E-state index contributed by atoms with van der Waals surface area (Å²) in [5, 5.41) is 2.68. The SMILES string of the molecule is C[SiH](C)Oc1c(C2CCCCC2)[cH-]c2ccccc12.[Zr]. The van der Waals surface area contributed by atoms with E-state index in [4.69, 9.17) is 4.43 Å². The zero-order valence-electron chi connectivity index (χ0n) is 12.5. The minimum absolute atomic E-state index is 0. The average molecular weight is 363 g/mol. The van der Waals surface area contributed by atoms with Crippen molar-refractivity contribution in [1.29, 1.82) is 0 Å². The fourth-order valence-corrected chi connectivity index (χ4v) is 4.04. The second-order valence-electron chi connectivity index (χ2n) is 6.02. The van der Waals surface area contributed by atoms with Crippen LogP contribution >= 0.6 is 0 Å². The molecule has 0 radical (unpaired) electrons. The van der Waals surface area contributed by atoms with Gasteiger partial charge in [0.05, 0.1) is 0 Å². The predicted molar refractivity (Wildman–Crippen MR) is 84.9 cm³/mol. The first-order chi connectivity index (χ1) is 9.25. The van der Waals surface area contributed by atoms with E-state index in [0.717, 1.165) is 5.92 Å². The zero-order valence-corrected chi connectivity index (χ0v) is 16.1. The van der Waals surface area contributed by atoms with Crippen molar-refractivity contribution in [2.45, 2.75) is 51.1 Å². The van der Waals surface area contributed by atoms with Gasteiger partial charge in [-0.1, -0.05) is 30.9 Å². The van der Waals surface area contributed by atoms with Crippen LogP contribution < -0.4 is 4.43 Å². The molecule has 20 heavy (non-hydrogen) atoms. The van der Waals surface area contributed by atoms with Crippen LogP contribution in [0.2, 0.25) is 13.1 Å². The first-order valence-corrected chi connectivity index (χ1v) is 10.4. The Bertz CT molecular complexity index is 555. The maximum absolute atomic E-state index is 6.29. The molecule has 2 aromatic rings. The smallest absolute Gasteiger partial charge is 0.214 e. The van der Waals surface area contributed by atoms with Gasteiger partial charge in [-0.25, -0.2) is 0 Å². The topological polar surface area (TPSA) is 9.23 Å². The molecule has 0 N–H and O–H groups in total. The van der Waals surface area contributed by atoms with E-state index in [1.54, 1.807) is 0 Å². The van der Waals surface area contributed by atoms with Crippen LogP contribution in [0.15, 0.2) is 30.3 Å². The Kier molecular flexibility index (Phi) is 5.74. The number of benzene rings is 1. The summed E-state index contributed by atoms with van der Waals surface area (Å²) in [5.74, 6) is 1.94. The summed E-state index contributed by atoms with van der Waals surface area (Å²) in [6.45, 7) is 4.51. The molecule has 0 heterocycles. The first kappa shape index (κ1) is 16.1. The van der Waals surface area contributed by atoms with Crippen LogP contribution in [0.25, 0.3) is 10.8 Å². The molecule has 1 nitrogen and oxygen atoms in total. The molecular weight excluding hydrogens is 339 g/mol. The molecule has 1 fully saturated rings. The third-order valence-electron chi connectivity index (χ3n) is 4.18. The Morgan fingerprint density at radius 3 is 2.50 bits per heavy atom. The van der Waals surface area contributed by atoms with Crippen molar-refractivity contribution in [3.63, 3.8) is 0 Å². The number of rotatable bonds is 3. The Morgan fingerprint density at radius 1 is 1.10 bits per heavy atom. The van der Waals surface area contributed by atoms with E-state index >= 15 is 0 Å². The van der Waals surface area contributed by atoms with Crippen LogP contribution in [0.4, 0.5) is 0 Å². The molecule has 1 saturated carbocycles. The van der Waals surface area contributed by atoms with Gasteiger partial charge in [0, 0.05) is 26.2 Å². The first-order valence-electron chi connectivity index (χ1n) is 7.60. The molecule has 3 heteroatoms. The Morgan fingerprint density at radius 2 is 1.80 bits per heavy atom. The molecule has 0 aliphatic heterocycles. The van der Waals surface area contributed by atoms with Crippen molar-refractivity contribution < 1.29 is 30.6 Å². The molecule has 1 aliphatic carbocycles. The summed E-state index contributed by atoms with van der Waals surface area (Å²) < 4.78 is 6.29. The van der Waals surface area contributed by atoms with Gasteiger partial charge in [0.15, 0.2) is 0 Å². The molecule has 0 amide bonds. The number of hydrogen-bond acceptors (Lipinski definition) is 1. The van der Waals surface area contributed by atoms with Crippen molar-refractivity contribution >= 4 is 19.8 Å². The molecule has 1 aliphatic rings. The van der Waals surface area contributed by atoms with E-state index < -0.39 is 9.04 Å². The predicted octanol–water partition coefficient (Wildman–Crippen LogP) is 4.97. The molecular formula is C17H23OSiZr-. The minimum atomic E-state index is -1.05. The van der Waals surface area contributed by atoms with Gasteiger partial charge in [-0.05, 0) is 37.6 Å². The van der Waals surface area contributed by atoms with E-state index in [9.17, 15) is 0 Å². The summed E-state index contributed by atoms with van der Waals surface area (Å²) in [5.41, 5.74) is 1.49. The third kappa shape index (κ3) is 3.31. The second-order valence-corrected chi connectivity index (χ2v) is 8.35. The van der Waals surface area contributed by atoms with Gasteiger partial charge in [0.1, 0.15) is 0 Å². The van der Waals surface area contributed by atoms with Crippen molar-refractivity contribution in [1.82, 2.24) is 0 Å². The Balaban J connectivity index is 0.00000147. The zero-order chi connectivity index (χ0) is 13.2. The fraction of sp³-hybridized carbons (Fsp3) is 0.471. The second kappa shape index (κ2) is 7.13. The molecule has 0 bridgehead atoms. The van der Waals surface area contributed by atoms with E-state index in [1.165, 1.54) is 54.2 Å². The Labute approximate surface area is 142 Å². The quantitative estimate of drug-likeness (QED) is 0.553. The van der Waals surface area contributed by atoms with Gasteiger partial charge in [-0.15, -0.1) is 35.0 Å². The maximum Gasteiger partial charge on any atom is 0.214 e. The summed E-state index contributed by atoms with van der Waals surface area (Å²) in [7, 11) is -1.05. The van der Waals surface area contributed by atoms with Crippen molar-refractivity contribution in [2.24, 2.45) is 0 Å². The molecule has 0 spiro atoms. The Hall–Kier alpha value is -0.270. The normalized spacial score (nSPS) is 16.4. The van der Waals surface area contributed by atoms with Crippen molar-refractivity contribution in [2.75, 3.05) is 0 Å². The van der Waals surface area contributed by atoms with E-state index in [-0.39, 0.29) is 26.2 Å². The van der Waals surface area contributed by atoms with Gasteiger partial charge < -0.3 is 4.43 Å². The molecule has 3 rings (SSSR count). The summed E-state index contributed by atoms with van der Waals surface area (Å²) >= 11 is 0. The van der Waals surface area contributed by atoms with Crippen LogP contribution in [-0.4, -0.2) is 9.04 Å². The van der Waals surface area contributed by atoms with Gasteiger partial charge in [-0.2, -0.15) is 0 Å². The van der Waals surface area contributed by atoms with Gasteiger partial charge in [0.2, 0.25) is 9.04 Å². The molecule has 0 atom stereocenters.